The summed E-state index contributed by atoms with van der Waals surface area (Å²) in [5.74, 6) is 0.00309. The third-order valence-corrected chi connectivity index (χ3v) is 2.30. The van der Waals surface area contributed by atoms with Crippen LogP contribution in [0.1, 0.15) is 12.8 Å². The van der Waals surface area contributed by atoms with Gasteiger partial charge in [-0.15, -0.1) is 0 Å². The van der Waals surface area contributed by atoms with Gasteiger partial charge in [-0.05, 0) is 0 Å². The van der Waals surface area contributed by atoms with Crippen molar-refractivity contribution in [2.45, 2.75) is 12.8 Å². The van der Waals surface area contributed by atoms with Crippen molar-refractivity contribution in [3.8, 4) is 0 Å². The summed E-state index contributed by atoms with van der Waals surface area (Å²) in [4.78, 5) is 21.0. The van der Waals surface area contributed by atoms with Crippen LogP contribution in [-0.4, -0.2) is 32.2 Å². The fourth-order valence-corrected chi connectivity index (χ4v) is 1.14. The van der Waals surface area contributed by atoms with Crippen LogP contribution in [0.4, 0.5) is 0 Å². The van der Waals surface area contributed by atoms with Crippen molar-refractivity contribution in [1.29, 1.82) is 0 Å². The van der Waals surface area contributed by atoms with E-state index in [0.29, 0.717) is 29.4 Å². The summed E-state index contributed by atoms with van der Waals surface area (Å²) in [7, 11) is 0. The smallest absolute Gasteiger partial charge is 0.379 e. The van der Waals surface area contributed by atoms with Gasteiger partial charge in [0.1, 0.15) is 0 Å². The lowest BCUT2D eigenvalue weighted by molar-refractivity contribution is -0.132. The molecule has 0 atom stereocenters. The fourth-order valence-electron chi connectivity index (χ4n) is 0.688. The zero-order chi connectivity index (χ0) is 6.15. The summed E-state index contributed by atoms with van der Waals surface area (Å²) in [6.07, 6.45) is 0.866. The normalized spacial score (nSPS) is 20.2. The first-order valence-corrected chi connectivity index (χ1v) is 3.40. The molecule has 0 aliphatic carbocycles. The first kappa shape index (κ1) is 5.80. The highest BCUT2D eigenvalue weighted by Crippen LogP contribution is 2.06. The summed E-state index contributed by atoms with van der Waals surface area (Å²) in [5.41, 5.74) is 0. The standard InChI is InChI=1S/C4H5NO2.Al.2H/c6-3-1-2-4(7)5-3;;;/h1-2H2,(H,5,6,7);;;/q;+1;;/p-1. The molecule has 1 fully saturated rings. The van der Waals surface area contributed by atoms with E-state index < -0.39 is 0 Å². The highest BCUT2D eigenvalue weighted by Gasteiger charge is 2.22. The van der Waals surface area contributed by atoms with Crippen LogP contribution in [0, 0.1) is 0 Å². The van der Waals surface area contributed by atoms with Gasteiger partial charge < -0.3 is 3.88 Å². The van der Waals surface area contributed by atoms with Gasteiger partial charge in [0.2, 0.25) is 11.8 Å². The van der Waals surface area contributed by atoms with Gasteiger partial charge in [0, 0.05) is 12.8 Å². The van der Waals surface area contributed by atoms with E-state index in [1.165, 1.54) is 3.88 Å². The Labute approximate surface area is 55.3 Å². The number of carbonyl (C=O) groups is 2. The van der Waals surface area contributed by atoms with Crippen molar-refractivity contribution in [3.63, 3.8) is 0 Å². The van der Waals surface area contributed by atoms with Gasteiger partial charge in [-0.3, -0.25) is 9.59 Å². The second-order valence-electron chi connectivity index (χ2n) is 1.85. The summed E-state index contributed by atoms with van der Waals surface area (Å²) in [5, 5.41) is 0. The Morgan fingerprint density at radius 2 is 1.62 bits per heavy atom. The number of imide groups is 1. The van der Waals surface area contributed by atoms with Gasteiger partial charge in [0.25, 0.3) is 0 Å². The van der Waals surface area contributed by atoms with E-state index in [1.54, 1.807) is 0 Å². The zero-order valence-electron chi connectivity index (χ0n) is 4.68. The molecule has 0 unspecified atom stereocenters. The van der Waals surface area contributed by atoms with Crippen molar-refractivity contribution in [2.75, 3.05) is 0 Å². The van der Waals surface area contributed by atoms with Crippen LogP contribution < -0.4 is 0 Å². The molecule has 2 amide bonds. The SMILES string of the molecule is O=C1CCC(=O)[N]1[AlH2]. The van der Waals surface area contributed by atoms with Gasteiger partial charge in [-0.2, -0.15) is 0 Å². The van der Waals surface area contributed by atoms with Crippen LogP contribution >= 0.6 is 0 Å². The summed E-state index contributed by atoms with van der Waals surface area (Å²) >= 11 is 0.555. The molecule has 0 spiro atoms. The maximum atomic E-state index is 10.5. The lowest BCUT2D eigenvalue weighted by Crippen LogP contribution is -2.25. The first-order chi connectivity index (χ1) is 3.72. The molecule has 0 bridgehead atoms. The Bertz CT molecular complexity index is 129. The lowest BCUT2D eigenvalue weighted by Gasteiger charge is -2.03. The van der Waals surface area contributed by atoms with Crippen LogP contribution in [0.5, 0.6) is 0 Å². The minimum Gasteiger partial charge on any atom is -0.386 e. The molecule has 0 saturated carbocycles. The van der Waals surface area contributed by atoms with Gasteiger partial charge in [0.05, 0.1) is 0 Å². The topological polar surface area (TPSA) is 37.4 Å². The van der Waals surface area contributed by atoms with Crippen LogP contribution in [0.25, 0.3) is 0 Å². The molecule has 0 aromatic rings. The highest BCUT2D eigenvalue weighted by molar-refractivity contribution is 6.27. The van der Waals surface area contributed by atoms with E-state index in [0.717, 1.165) is 0 Å². The second-order valence-corrected chi connectivity index (χ2v) is 2.74. The predicted octanol–water partition coefficient (Wildman–Crippen LogP) is -1.32. The number of hydrogen-bond donors (Lipinski definition) is 0. The maximum Gasteiger partial charge on any atom is 0.379 e. The van der Waals surface area contributed by atoms with Crippen molar-refractivity contribution in [3.05, 3.63) is 0 Å². The van der Waals surface area contributed by atoms with Crippen molar-refractivity contribution in [1.82, 2.24) is 3.88 Å². The summed E-state index contributed by atoms with van der Waals surface area (Å²) in [6.45, 7) is 0. The van der Waals surface area contributed by atoms with Crippen LogP contribution in [0.3, 0.4) is 0 Å². The average molecular weight is 127 g/mol. The molecule has 0 N–H and O–H groups in total. The molecule has 4 heteroatoms. The number of nitrogens with zero attached hydrogens (tertiary/aromatic N) is 1. The van der Waals surface area contributed by atoms with Crippen molar-refractivity contribution < 1.29 is 9.59 Å². The van der Waals surface area contributed by atoms with Crippen molar-refractivity contribution in [2.24, 2.45) is 0 Å². The molecule has 8 heavy (non-hydrogen) atoms. The van der Waals surface area contributed by atoms with Gasteiger partial charge >= 0.3 is 16.5 Å². The Kier molecular flexibility index (Phi) is 1.37. The van der Waals surface area contributed by atoms with Crippen LogP contribution in [-0.2, 0) is 9.59 Å². The average Bonchev–Trinajstić information content (AvgIpc) is 1.98. The van der Waals surface area contributed by atoms with E-state index in [4.69, 9.17) is 0 Å². The molecule has 0 aromatic heterocycles. The maximum absolute atomic E-state index is 10.5. The molecule has 1 rings (SSSR count). The Morgan fingerprint density at radius 3 is 1.75 bits per heavy atom. The highest BCUT2D eigenvalue weighted by atomic mass is 27.1. The number of amides is 2. The van der Waals surface area contributed by atoms with Crippen LogP contribution in [0.15, 0.2) is 0 Å². The molecule has 3 nitrogen and oxygen atoms in total. The Hall–Kier alpha value is -0.328. The Balaban J connectivity index is 2.70. The quantitative estimate of drug-likeness (QED) is 0.299. The Morgan fingerprint density at radius 1 is 1.25 bits per heavy atom. The first-order valence-electron chi connectivity index (χ1n) is 2.51. The molecule has 42 valence electrons. The molecular formula is C4H6AlNO2. The molecule has 1 aliphatic heterocycles. The molecular weight excluding hydrogens is 121 g/mol. The second kappa shape index (κ2) is 1.88. The van der Waals surface area contributed by atoms with Gasteiger partial charge in [0.15, 0.2) is 0 Å². The van der Waals surface area contributed by atoms with E-state index in [9.17, 15) is 9.59 Å². The zero-order valence-corrected chi connectivity index (χ0v) is 6.68. The minimum atomic E-state index is 0.00154. The van der Waals surface area contributed by atoms with E-state index in [2.05, 4.69) is 0 Å². The lowest BCUT2D eigenvalue weighted by atomic mass is 10.4. The number of rotatable bonds is 0. The third kappa shape index (κ3) is 0.771. The fraction of sp³-hybridized carbons (Fsp3) is 0.500. The van der Waals surface area contributed by atoms with Crippen molar-refractivity contribution >= 4 is 28.3 Å². The predicted molar refractivity (Wildman–Crippen MR) is 29.6 cm³/mol. The summed E-state index contributed by atoms with van der Waals surface area (Å²) < 4.78 is 1.31. The number of hydrogen-bond acceptors (Lipinski definition) is 2. The largest absolute Gasteiger partial charge is 0.386 e. The summed E-state index contributed by atoms with van der Waals surface area (Å²) in [6, 6.07) is 0. The number of carbonyl (C=O) groups excluding carboxylic acids is 2. The monoisotopic (exact) mass is 127 g/mol. The van der Waals surface area contributed by atoms with E-state index in [-0.39, 0.29) is 11.8 Å². The molecule has 0 radical (unpaired) electrons. The van der Waals surface area contributed by atoms with Gasteiger partial charge in [-0.1, -0.05) is 0 Å². The van der Waals surface area contributed by atoms with E-state index in [1.807, 2.05) is 0 Å². The van der Waals surface area contributed by atoms with Gasteiger partial charge in [-0.25, -0.2) is 0 Å². The minimum absolute atomic E-state index is 0.00154. The molecule has 1 saturated heterocycles. The molecule has 0 aromatic carbocycles. The molecule has 1 aliphatic rings. The van der Waals surface area contributed by atoms with E-state index >= 15 is 0 Å². The van der Waals surface area contributed by atoms with Crippen LogP contribution in [0.2, 0.25) is 0 Å². The third-order valence-electron chi connectivity index (χ3n) is 1.30. The molecule has 1 heterocycles.